The maximum absolute atomic E-state index is 12.8. The molecule has 8 heteroatoms. The van der Waals surface area contributed by atoms with Gasteiger partial charge in [0.15, 0.2) is 5.13 Å². The van der Waals surface area contributed by atoms with Gasteiger partial charge in [-0.05, 0) is 18.2 Å². The van der Waals surface area contributed by atoms with Gasteiger partial charge in [0.2, 0.25) is 5.91 Å². The SMILES string of the molecule is C=CCN(C(=O)CCn1ccccc1=O)c1nc(-c2ccc(Cl)c(Cl)c2)cs1. The van der Waals surface area contributed by atoms with E-state index in [0.717, 1.165) is 5.56 Å². The zero-order valence-electron chi connectivity index (χ0n) is 14.8. The van der Waals surface area contributed by atoms with E-state index in [4.69, 9.17) is 23.2 Å². The molecule has 2 aromatic heterocycles. The number of aryl methyl sites for hydroxylation is 1. The lowest BCUT2D eigenvalue weighted by Crippen LogP contribution is -2.32. The Labute approximate surface area is 176 Å². The molecule has 0 saturated heterocycles. The van der Waals surface area contributed by atoms with Gasteiger partial charge in [-0.25, -0.2) is 4.98 Å². The van der Waals surface area contributed by atoms with E-state index in [-0.39, 0.29) is 17.9 Å². The van der Waals surface area contributed by atoms with E-state index < -0.39 is 0 Å². The molecule has 3 aromatic rings. The van der Waals surface area contributed by atoms with Crippen LogP contribution >= 0.6 is 34.5 Å². The topological polar surface area (TPSA) is 55.2 Å². The van der Waals surface area contributed by atoms with Crippen molar-refractivity contribution in [2.45, 2.75) is 13.0 Å². The molecule has 5 nitrogen and oxygen atoms in total. The van der Waals surface area contributed by atoms with Crippen LogP contribution in [-0.2, 0) is 11.3 Å². The Balaban J connectivity index is 1.78. The summed E-state index contributed by atoms with van der Waals surface area (Å²) in [5.41, 5.74) is 1.39. The largest absolute Gasteiger partial charge is 0.315 e. The van der Waals surface area contributed by atoms with Crippen molar-refractivity contribution in [2.75, 3.05) is 11.4 Å². The molecular formula is C20H17Cl2N3O2S. The molecular weight excluding hydrogens is 417 g/mol. The number of pyridine rings is 1. The van der Waals surface area contributed by atoms with E-state index in [2.05, 4.69) is 11.6 Å². The van der Waals surface area contributed by atoms with Gasteiger partial charge >= 0.3 is 0 Å². The molecule has 144 valence electrons. The average molecular weight is 434 g/mol. The van der Waals surface area contributed by atoms with Gasteiger partial charge in [-0.1, -0.05) is 41.4 Å². The van der Waals surface area contributed by atoms with Crippen molar-refractivity contribution in [2.24, 2.45) is 0 Å². The fourth-order valence-electron chi connectivity index (χ4n) is 2.59. The molecule has 0 aliphatic heterocycles. The third-order valence-corrected chi connectivity index (χ3v) is 5.62. The van der Waals surface area contributed by atoms with Crippen molar-refractivity contribution in [3.63, 3.8) is 0 Å². The minimum absolute atomic E-state index is 0.134. The number of aromatic nitrogens is 2. The van der Waals surface area contributed by atoms with E-state index in [1.165, 1.54) is 22.0 Å². The zero-order chi connectivity index (χ0) is 20.1. The fourth-order valence-corrected chi connectivity index (χ4v) is 3.75. The van der Waals surface area contributed by atoms with E-state index in [0.29, 0.717) is 34.0 Å². The second-order valence-electron chi connectivity index (χ2n) is 5.92. The molecule has 0 fully saturated rings. The molecule has 1 amide bonds. The number of nitrogens with zero attached hydrogens (tertiary/aromatic N) is 3. The lowest BCUT2D eigenvalue weighted by Gasteiger charge is -2.18. The molecule has 0 saturated carbocycles. The molecule has 0 aliphatic rings. The Morgan fingerprint density at radius 2 is 2.07 bits per heavy atom. The summed E-state index contributed by atoms with van der Waals surface area (Å²) in [4.78, 5) is 30.7. The molecule has 3 rings (SSSR count). The number of halogens is 2. The van der Waals surface area contributed by atoms with Gasteiger partial charge in [-0.2, -0.15) is 0 Å². The van der Waals surface area contributed by atoms with Crippen molar-refractivity contribution in [3.05, 3.63) is 81.0 Å². The highest BCUT2D eigenvalue weighted by Crippen LogP contribution is 2.31. The Kier molecular flexibility index (Phi) is 6.67. The number of hydrogen-bond acceptors (Lipinski definition) is 4. The van der Waals surface area contributed by atoms with Crippen LogP contribution in [0.25, 0.3) is 11.3 Å². The summed E-state index contributed by atoms with van der Waals surface area (Å²) in [6.45, 7) is 4.36. The average Bonchev–Trinajstić information content (AvgIpc) is 3.17. The maximum atomic E-state index is 12.8. The van der Waals surface area contributed by atoms with Gasteiger partial charge in [0.1, 0.15) is 0 Å². The Morgan fingerprint density at radius 1 is 1.25 bits per heavy atom. The highest BCUT2D eigenvalue weighted by Gasteiger charge is 2.18. The van der Waals surface area contributed by atoms with Crippen LogP contribution in [0.3, 0.4) is 0 Å². The lowest BCUT2D eigenvalue weighted by atomic mass is 10.2. The van der Waals surface area contributed by atoms with Crippen LogP contribution in [0.15, 0.2) is 65.4 Å². The summed E-state index contributed by atoms with van der Waals surface area (Å²) in [5, 5.41) is 3.34. The summed E-state index contributed by atoms with van der Waals surface area (Å²) >= 11 is 13.4. The number of thiazole rings is 1. The maximum Gasteiger partial charge on any atom is 0.250 e. The summed E-state index contributed by atoms with van der Waals surface area (Å²) < 4.78 is 1.51. The van der Waals surface area contributed by atoms with Crippen LogP contribution in [0.1, 0.15) is 6.42 Å². The highest BCUT2D eigenvalue weighted by atomic mass is 35.5. The number of benzene rings is 1. The number of carbonyl (C=O) groups is 1. The van der Waals surface area contributed by atoms with Crippen molar-refractivity contribution in [1.82, 2.24) is 9.55 Å². The van der Waals surface area contributed by atoms with Gasteiger partial charge in [0.05, 0.1) is 15.7 Å². The molecule has 0 spiro atoms. The monoisotopic (exact) mass is 433 g/mol. The third kappa shape index (κ3) is 4.70. The second-order valence-corrected chi connectivity index (χ2v) is 7.57. The molecule has 1 aromatic carbocycles. The highest BCUT2D eigenvalue weighted by molar-refractivity contribution is 7.14. The molecule has 0 radical (unpaired) electrons. The Hall–Kier alpha value is -2.41. The first-order valence-electron chi connectivity index (χ1n) is 8.47. The van der Waals surface area contributed by atoms with Crippen LogP contribution in [0.5, 0.6) is 0 Å². The van der Waals surface area contributed by atoms with E-state index >= 15 is 0 Å². The summed E-state index contributed by atoms with van der Waals surface area (Å²) in [5.74, 6) is -0.134. The normalized spacial score (nSPS) is 10.6. The Bertz CT molecular complexity index is 1060. The lowest BCUT2D eigenvalue weighted by molar-refractivity contribution is -0.118. The Morgan fingerprint density at radius 3 is 2.79 bits per heavy atom. The smallest absolute Gasteiger partial charge is 0.250 e. The fraction of sp³-hybridized carbons (Fsp3) is 0.150. The van der Waals surface area contributed by atoms with Crippen LogP contribution in [0.2, 0.25) is 10.0 Å². The van der Waals surface area contributed by atoms with Gasteiger partial charge < -0.3 is 4.57 Å². The molecule has 2 heterocycles. The summed E-state index contributed by atoms with van der Waals surface area (Å²) in [6, 6.07) is 10.2. The first kappa shape index (κ1) is 20.3. The molecule has 0 atom stereocenters. The van der Waals surface area contributed by atoms with Crippen LogP contribution in [-0.4, -0.2) is 22.0 Å². The number of amides is 1. The second kappa shape index (κ2) is 9.19. The van der Waals surface area contributed by atoms with E-state index in [1.54, 1.807) is 41.4 Å². The molecule has 0 aliphatic carbocycles. The van der Waals surface area contributed by atoms with Crippen LogP contribution in [0, 0.1) is 0 Å². The van der Waals surface area contributed by atoms with Gasteiger partial charge in [-0.3, -0.25) is 14.5 Å². The van der Waals surface area contributed by atoms with Crippen molar-refractivity contribution < 1.29 is 4.79 Å². The van der Waals surface area contributed by atoms with Gasteiger partial charge in [0, 0.05) is 42.7 Å². The number of carbonyl (C=O) groups excluding carboxylic acids is 1. The molecule has 0 unspecified atom stereocenters. The predicted molar refractivity (Wildman–Crippen MR) is 115 cm³/mol. The van der Waals surface area contributed by atoms with E-state index in [9.17, 15) is 9.59 Å². The van der Waals surface area contributed by atoms with Crippen molar-refractivity contribution in [3.8, 4) is 11.3 Å². The first-order chi connectivity index (χ1) is 13.5. The zero-order valence-corrected chi connectivity index (χ0v) is 17.2. The summed E-state index contributed by atoms with van der Waals surface area (Å²) in [6.07, 6.45) is 3.49. The van der Waals surface area contributed by atoms with E-state index in [1.807, 2.05) is 11.4 Å². The predicted octanol–water partition coefficient (Wildman–Crippen LogP) is 4.89. The standard InChI is InChI=1S/C20H17Cl2N3O2S/c1-2-9-25(19(27)8-11-24-10-4-3-5-18(24)26)20-23-17(13-28-20)14-6-7-15(21)16(22)12-14/h2-7,10,12-13H,1,8-9,11H2. The molecule has 0 bridgehead atoms. The first-order valence-corrected chi connectivity index (χ1v) is 10.1. The number of rotatable bonds is 7. The third-order valence-electron chi connectivity index (χ3n) is 4.02. The number of hydrogen-bond donors (Lipinski definition) is 0. The summed E-state index contributed by atoms with van der Waals surface area (Å²) in [7, 11) is 0. The van der Waals surface area contributed by atoms with Crippen molar-refractivity contribution in [1.29, 1.82) is 0 Å². The minimum atomic E-state index is -0.137. The number of anilines is 1. The minimum Gasteiger partial charge on any atom is -0.315 e. The molecule has 28 heavy (non-hydrogen) atoms. The molecule has 0 N–H and O–H groups in total. The van der Waals surface area contributed by atoms with Gasteiger partial charge in [-0.15, -0.1) is 17.9 Å². The van der Waals surface area contributed by atoms with Crippen LogP contribution in [0.4, 0.5) is 5.13 Å². The van der Waals surface area contributed by atoms with Gasteiger partial charge in [0.25, 0.3) is 5.56 Å². The van der Waals surface area contributed by atoms with Crippen LogP contribution < -0.4 is 10.5 Å². The quantitative estimate of drug-likeness (QED) is 0.498. The van der Waals surface area contributed by atoms with Crippen molar-refractivity contribution >= 4 is 45.6 Å².